The first-order valence-electron chi connectivity index (χ1n) is 11.1. The van der Waals surface area contributed by atoms with Crippen LogP contribution in [0.15, 0.2) is 18.2 Å². The molecule has 2 N–H and O–H groups in total. The van der Waals surface area contributed by atoms with Crippen LogP contribution in [0.1, 0.15) is 30.3 Å². The second kappa shape index (κ2) is 9.93. The summed E-state index contributed by atoms with van der Waals surface area (Å²) in [4.78, 5) is 28.7. The van der Waals surface area contributed by atoms with Gasteiger partial charge in [0.25, 0.3) is 12.4 Å². The molecule has 0 aliphatic carbocycles. The van der Waals surface area contributed by atoms with Crippen LogP contribution in [0.5, 0.6) is 0 Å². The SMILES string of the molecule is CCN1CCN(c2ccc3c(C(=O)N[C@@H]4CN5CCC4CC5)nsc3c2)CC1.O=CO. The van der Waals surface area contributed by atoms with Crippen molar-refractivity contribution < 1.29 is 14.7 Å². The van der Waals surface area contributed by atoms with Crippen LogP contribution in [0.2, 0.25) is 0 Å². The van der Waals surface area contributed by atoms with Crippen molar-refractivity contribution in [2.75, 3.05) is 57.3 Å². The number of piperazine rings is 1. The molecule has 1 atom stereocenters. The summed E-state index contributed by atoms with van der Waals surface area (Å²) in [5.41, 5.74) is 1.84. The zero-order valence-electron chi connectivity index (χ0n) is 18.0. The molecule has 4 aliphatic heterocycles. The Morgan fingerprint density at radius 1 is 1.23 bits per heavy atom. The van der Waals surface area contributed by atoms with Crippen LogP contribution in [0, 0.1) is 5.92 Å². The molecule has 1 aromatic carbocycles. The average Bonchev–Trinajstić information content (AvgIpc) is 3.24. The Labute approximate surface area is 187 Å². The summed E-state index contributed by atoms with van der Waals surface area (Å²) in [6.07, 6.45) is 2.41. The number of nitrogens with one attached hydrogen (secondary N) is 1. The monoisotopic (exact) mass is 445 g/mol. The summed E-state index contributed by atoms with van der Waals surface area (Å²) in [5, 5.41) is 11.2. The standard InChI is InChI=1S/C21H29N5OS.CH2O2/c1-2-24-9-11-26(12-10-24)16-3-4-17-19(13-16)28-23-20(17)21(27)22-18-14-25-7-5-15(18)6-8-25;2-1-3/h3-4,13,15,18H,2,5-12,14H2,1H3,(H,22,27);1H,(H,2,3)/t18-;/m1./s1. The number of piperidine rings is 3. The number of amides is 1. The number of aromatic nitrogens is 1. The molecule has 0 unspecified atom stereocenters. The first-order valence-corrected chi connectivity index (χ1v) is 11.9. The lowest BCUT2D eigenvalue weighted by Crippen LogP contribution is -2.57. The van der Waals surface area contributed by atoms with Crippen molar-refractivity contribution in [3.05, 3.63) is 23.9 Å². The molecular formula is C22H31N5O3S. The largest absolute Gasteiger partial charge is 0.483 e. The Morgan fingerprint density at radius 2 is 1.94 bits per heavy atom. The minimum Gasteiger partial charge on any atom is -0.483 e. The zero-order chi connectivity index (χ0) is 21.8. The van der Waals surface area contributed by atoms with Crippen molar-refractivity contribution >= 4 is 39.7 Å². The van der Waals surface area contributed by atoms with Gasteiger partial charge in [0.05, 0.1) is 4.70 Å². The van der Waals surface area contributed by atoms with Crippen LogP contribution in [0.3, 0.4) is 0 Å². The molecule has 2 aromatic rings. The molecule has 168 valence electrons. The lowest BCUT2D eigenvalue weighted by molar-refractivity contribution is -0.122. The highest BCUT2D eigenvalue weighted by Crippen LogP contribution is 2.30. The first kappa shape index (κ1) is 22.0. The van der Waals surface area contributed by atoms with Gasteiger partial charge < -0.3 is 25.1 Å². The maximum atomic E-state index is 12.9. The average molecular weight is 446 g/mol. The van der Waals surface area contributed by atoms with Gasteiger partial charge in [0.2, 0.25) is 0 Å². The zero-order valence-corrected chi connectivity index (χ0v) is 18.8. The van der Waals surface area contributed by atoms with E-state index in [1.165, 1.54) is 43.2 Å². The van der Waals surface area contributed by atoms with E-state index in [-0.39, 0.29) is 18.4 Å². The second-order valence-electron chi connectivity index (χ2n) is 8.46. The summed E-state index contributed by atoms with van der Waals surface area (Å²) in [6.45, 7) is 10.8. The number of likely N-dealkylation sites (N-methyl/N-ethyl adjacent to an activating group) is 1. The van der Waals surface area contributed by atoms with Crippen LogP contribution in [0.4, 0.5) is 5.69 Å². The predicted molar refractivity (Wildman–Crippen MR) is 123 cm³/mol. The Hall–Kier alpha value is -2.23. The molecule has 8 nitrogen and oxygen atoms in total. The van der Waals surface area contributed by atoms with Crippen molar-refractivity contribution in [2.24, 2.45) is 5.92 Å². The molecule has 4 aliphatic rings. The first-order chi connectivity index (χ1) is 15.1. The Kier molecular flexibility index (Phi) is 7.04. The fraction of sp³-hybridized carbons (Fsp3) is 0.591. The predicted octanol–water partition coefficient (Wildman–Crippen LogP) is 1.96. The van der Waals surface area contributed by atoms with Gasteiger partial charge in [0.1, 0.15) is 5.69 Å². The van der Waals surface area contributed by atoms with E-state index in [4.69, 9.17) is 9.90 Å². The molecule has 9 heteroatoms. The highest BCUT2D eigenvalue weighted by molar-refractivity contribution is 7.13. The normalized spacial score (nSPS) is 25.7. The van der Waals surface area contributed by atoms with E-state index in [1.807, 2.05) is 0 Å². The third-order valence-corrected chi connectivity index (χ3v) is 7.64. The summed E-state index contributed by atoms with van der Waals surface area (Å²) in [7, 11) is 0. The maximum absolute atomic E-state index is 12.9. The number of carbonyl (C=O) groups is 2. The van der Waals surface area contributed by atoms with Crippen LogP contribution < -0.4 is 10.2 Å². The number of hydrogen-bond donors (Lipinski definition) is 2. The van der Waals surface area contributed by atoms with Crippen LogP contribution in [-0.2, 0) is 4.79 Å². The number of benzene rings is 1. The van der Waals surface area contributed by atoms with Crippen LogP contribution >= 0.6 is 11.5 Å². The van der Waals surface area contributed by atoms with E-state index in [0.29, 0.717) is 11.6 Å². The van der Waals surface area contributed by atoms with E-state index in [0.717, 1.165) is 49.4 Å². The molecule has 31 heavy (non-hydrogen) atoms. The number of nitrogens with zero attached hydrogens (tertiary/aromatic N) is 4. The highest BCUT2D eigenvalue weighted by Gasteiger charge is 2.35. The molecular weight excluding hydrogens is 414 g/mol. The third-order valence-electron chi connectivity index (χ3n) is 6.83. The minimum atomic E-state index is -0.250. The van der Waals surface area contributed by atoms with E-state index < -0.39 is 0 Å². The Balaban J connectivity index is 0.000000730. The van der Waals surface area contributed by atoms with Gasteiger partial charge in [-0.15, -0.1) is 0 Å². The fourth-order valence-corrected chi connectivity index (χ4v) is 5.78. The van der Waals surface area contributed by atoms with Gasteiger partial charge in [-0.2, -0.15) is 4.37 Å². The van der Waals surface area contributed by atoms with E-state index >= 15 is 0 Å². The summed E-state index contributed by atoms with van der Waals surface area (Å²) >= 11 is 1.44. The lowest BCUT2D eigenvalue weighted by Gasteiger charge is -2.44. The molecule has 0 radical (unpaired) electrons. The van der Waals surface area contributed by atoms with Gasteiger partial charge >= 0.3 is 0 Å². The van der Waals surface area contributed by atoms with E-state index in [2.05, 4.69) is 49.5 Å². The Bertz CT molecular complexity index is 904. The highest BCUT2D eigenvalue weighted by atomic mass is 32.1. The number of carboxylic acid groups (broad SMARTS) is 1. The molecule has 0 saturated carbocycles. The molecule has 2 bridgehead atoms. The maximum Gasteiger partial charge on any atom is 0.290 e. The number of fused-ring (bicyclic) bond motifs is 4. The molecule has 0 spiro atoms. The molecule has 6 rings (SSSR count). The molecule has 5 heterocycles. The summed E-state index contributed by atoms with van der Waals surface area (Å²) in [5.74, 6) is 0.626. The Morgan fingerprint density at radius 3 is 2.55 bits per heavy atom. The van der Waals surface area contributed by atoms with Gasteiger partial charge in [0.15, 0.2) is 0 Å². The summed E-state index contributed by atoms with van der Waals surface area (Å²) < 4.78 is 5.63. The smallest absolute Gasteiger partial charge is 0.290 e. The summed E-state index contributed by atoms with van der Waals surface area (Å²) in [6, 6.07) is 6.73. The third kappa shape index (κ3) is 4.83. The number of carbonyl (C=O) groups excluding carboxylic acids is 1. The van der Waals surface area contributed by atoms with Gasteiger partial charge in [0, 0.05) is 49.8 Å². The molecule has 4 saturated heterocycles. The van der Waals surface area contributed by atoms with Crippen molar-refractivity contribution in [3.8, 4) is 0 Å². The fourth-order valence-electron chi connectivity index (χ4n) is 4.97. The van der Waals surface area contributed by atoms with E-state index in [1.54, 1.807) is 0 Å². The quantitative estimate of drug-likeness (QED) is 0.696. The number of hydrogen-bond acceptors (Lipinski definition) is 7. The van der Waals surface area contributed by atoms with Gasteiger partial charge in [-0.1, -0.05) is 6.92 Å². The van der Waals surface area contributed by atoms with Gasteiger partial charge in [-0.25, -0.2) is 0 Å². The van der Waals surface area contributed by atoms with Gasteiger partial charge in [-0.3, -0.25) is 9.59 Å². The van der Waals surface area contributed by atoms with Crippen LogP contribution in [0.25, 0.3) is 10.1 Å². The van der Waals surface area contributed by atoms with Crippen LogP contribution in [-0.4, -0.2) is 90.1 Å². The van der Waals surface area contributed by atoms with Crippen molar-refractivity contribution in [3.63, 3.8) is 0 Å². The second-order valence-corrected chi connectivity index (χ2v) is 9.26. The van der Waals surface area contributed by atoms with Crippen molar-refractivity contribution in [2.45, 2.75) is 25.8 Å². The van der Waals surface area contributed by atoms with Crippen molar-refractivity contribution in [1.82, 2.24) is 19.5 Å². The van der Waals surface area contributed by atoms with Crippen molar-refractivity contribution in [1.29, 1.82) is 0 Å². The number of rotatable bonds is 4. The molecule has 1 amide bonds. The minimum absolute atomic E-state index is 0.00527. The lowest BCUT2D eigenvalue weighted by atomic mass is 9.84. The van der Waals surface area contributed by atoms with E-state index in [9.17, 15) is 4.79 Å². The van der Waals surface area contributed by atoms with Gasteiger partial charge in [-0.05, 0) is 68.1 Å². The molecule has 1 aromatic heterocycles. The molecule has 4 fully saturated rings. The number of anilines is 1. The topological polar surface area (TPSA) is 89.0 Å².